The number of nitrogens with zero attached hydrogens (tertiary/aromatic N) is 1. The van der Waals surface area contributed by atoms with E-state index >= 15 is 0 Å². The van der Waals surface area contributed by atoms with Crippen LogP contribution in [0.25, 0.3) is 0 Å². The lowest BCUT2D eigenvalue weighted by Gasteiger charge is -2.32. The average molecular weight is 520 g/mol. The number of hydrogen-bond donors (Lipinski definition) is 4. The summed E-state index contributed by atoms with van der Waals surface area (Å²) in [6.45, 7) is 1.80. The van der Waals surface area contributed by atoms with Crippen molar-refractivity contribution in [2.45, 2.75) is 107 Å². The number of aliphatic imine (C=N–C) groups is 1. The minimum atomic E-state index is -4.66. The molecule has 3 aliphatic rings. The first kappa shape index (κ1) is 27.3. The highest BCUT2D eigenvalue weighted by Crippen LogP contribution is 2.34. The zero-order valence-electron chi connectivity index (χ0n) is 19.1. The first-order chi connectivity index (χ1) is 15.7. The van der Waals surface area contributed by atoms with Crippen LogP contribution in [0.4, 0.5) is 26.3 Å². The molecule has 7 unspecified atom stereocenters. The lowest BCUT2D eigenvalue weighted by atomic mass is 9.81. The van der Waals surface area contributed by atoms with Gasteiger partial charge in [-0.3, -0.25) is 15.5 Å². The lowest BCUT2D eigenvalue weighted by Crippen LogP contribution is -2.59. The monoisotopic (exact) mass is 519 g/mol. The normalized spacial score (nSPS) is 38.0. The van der Waals surface area contributed by atoms with Crippen LogP contribution < -0.4 is 21.5 Å². The SMILES string of the molecule is CC(C)(N/C(=N\C1CC(C2CC(F)CC(F)C2)NN1)NC(=O)C1CCC(Cl)C(F)C1)C(F)(F)F. The van der Waals surface area contributed by atoms with Gasteiger partial charge in [-0.25, -0.2) is 23.6 Å². The second-order valence-corrected chi connectivity index (χ2v) is 10.6. The van der Waals surface area contributed by atoms with Gasteiger partial charge in [-0.15, -0.1) is 11.6 Å². The summed E-state index contributed by atoms with van der Waals surface area (Å²) >= 11 is 5.86. The molecule has 196 valence electrons. The molecule has 0 aromatic heterocycles. The van der Waals surface area contributed by atoms with Gasteiger partial charge in [0.2, 0.25) is 5.91 Å². The molecule has 34 heavy (non-hydrogen) atoms. The molecule has 0 bridgehead atoms. The van der Waals surface area contributed by atoms with E-state index in [2.05, 4.69) is 26.5 Å². The van der Waals surface area contributed by atoms with Gasteiger partial charge >= 0.3 is 6.18 Å². The summed E-state index contributed by atoms with van der Waals surface area (Å²) in [5.74, 6) is -2.10. The van der Waals surface area contributed by atoms with Gasteiger partial charge < -0.3 is 5.32 Å². The second kappa shape index (κ2) is 10.8. The summed E-state index contributed by atoms with van der Waals surface area (Å²) in [6.07, 6.45) is -8.32. The summed E-state index contributed by atoms with van der Waals surface area (Å²) in [5, 5.41) is 3.94. The standard InChI is InChI=1S/C21H32ClF6N5O/c1-20(2,21(26,27)28)31-19(30-18(34)10-3-4-14(22)15(25)7-10)29-17-9-16(32-33-17)11-5-12(23)8-13(24)6-11/h10-17,32-33H,3-9H2,1-2H3,(H2,29,30,31,34). The van der Waals surface area contributed by atoms with Crippen LogP contribution in [-0.2, 0) is 4.79 Å². The van der Waals surface area contributed by atoms with Gasteiger partial charge in [0, 0.05) is 24.8 Å². The Morgan fingerprint density at radius 3 is 2.21 bits per heavy atom. The maximum absolute atomic E-state index is 14.0. The average Bonchev–Trinajstić information content (AvgIpc) is 3.16. The van der Waals surface area contributed by atoms with Gasteiger partial charge in [-0.2, -0.15) is 13.2 Å². The molecule has 13 heteroatoms. The maximum Gasteiger partial charge on any atom is 0.410 e. The van der Waals surface area contributed by atoms with E-state index in [4.69, 9.17) is 11.6 Å². The Morgan fingerprint density at radius 1 is 0.971 bits per heavy atom. The molecule has 1 heterocycles. The topological polar surface area (TPSA) is 77.6 Å². The van der Waals surface area contributed by atoms with Crippen molar-refractivity contribution in [2.75, 3.05) is 0 Å². The molecule has 4 N–H and O–H groups in total. The smallest absolute Gasteiger partial charge is 0.342 e. The van der Waals surface area contributed by atoms with Gasteiger partial charge in [0.15, 0.2) is 5.96 Å². The predicted octanol–water partition coefficient (Wildman–Crippen LogP) is 3.80. The molecule has 2 aliphatic carbocycles. The summed E-state index contributed by atoms with van der Waals surface area (Å²) in [7, 11) is 0. The zero-order valence-corrected chi connectivity index (χ0v) is 19.8. The molecule has 0 aromatic carbocycles. The van der Waals surface area contributed by atoms with Crippen molar-refractivity contribution in [1.82, 2.24) is 21.5 Å². The minimum Gasteiger partial charge on any atom is -0.342 e. The molecule has 1 amide bonds. The lowest BCUT2D eigenvalue weighted by molar-refractivity contribution is -0.181. The highest BCUT2D eigenvalue weighted by atomic mass is 35.5. The summed E-state index contributed by atoms with van der Waals surface area (Å²) in [5.41, 5.74) is 3.32. The van der Waals surface area contributed by atoms with E-state index in [1.54, 1.807) is 0 Å². The van der Waals surface area contributed by atoms with Gasteiger partial charge in [0.05, 0.1) is 5.38 Å². The third kappa shape index (κ3) is 6.90. The van der Waals surface area contributed by atoms with Crippen LogP contribution in [-0.4, -0.2) is 59.7 Å². The van der Waals surface area contributed by atoms with E-state index in [9.17, 15) is 31.1 Å². The molecule has 3 fully saturated rings. The Hall–Kier alpha value is -1.27. The molecule has 0 radical (unpaired) electrons. The Bertz CT molecular complexity index is 744. The summed E-state index contributed by atoms with van der Waals surface area (Å²) in [6, 6.07) is -0.329. The van der Waals surface area contributed by atoms with E-state index < -0.39 is 59.6 Å². The van der Waals surface area contributed by atoms with E-state index in [0.717, 1.165) is 13.8 Å². The number of hydrogen-bond acceptors (Lipinski definition) is 4. The number of amides is 1. The van der Waals surface area contributed by atoms with Gasteiger partial charge in [-0.1, -0.05) is 0 Å². The minimum absolute atomic E-state index is 0.127. The van der Waals surface area contributed by atoms with Crippen LogP contribution >= 0.6 is 11.6 Å². The summed E-state index contributed by atoms with van der Waals surface area (Å²) < 4.78 is 82.0. The molecule has 7 atom stereocenters. The van der Waals surface area contributed by atoms with Gasteiger partial charge in [0.25, 0.3) is 0 Å². The Labute approximate surface area is 200 Å². The highest BCUT2D eigenvalue weighted by Gasteiger charge is 2.48. The van der Waals surface area contributed by atoms with Crippen molar-refractivity contribution < 1.29 is 31.1 Å². The van der Waals surface area contributed by atoms with Crippen LogP contribution in [0.2, 0.25) is 0 Å². The number of alkyl halides is 7. The number of rotatable bonds is 4. The van der Waals surface area contributed by atoms with E-state index in [0.29, 0.717) is 6.42 Å². The fourth-order valence-corrected chi connectivity index (χ4v) is 4.89. The number of carbonyl (C=O) groups excluding carboxylic acids is 1. The quantitative estimate of drug-likeness (QED) is 0.197. The fraction of sp³-hybridized carbons (Fsp3) is 0.905. The van der Waals surface area contributed by atoms with Crippen LogP contribution in [0.1, 0.15) is 58.8 Å². The third-order valence-corrected chi connectivity index (χ3v) is 7.33. The van der Waals surface area contributed by atoms with Crippen LogP contribution in [0.15, 0.2) is 4.99 Å². The predicted molar refractivity (Wildman–Crippen MR) is 116 cm³/mol. The Balaban J connectivity index is 1.71. The van der Waals surface area contributed by atoms with Crippen molar-refractivity contribution in [3.8, 4) is 0 Å². The first-order valence-corrected chi connectivity index (χ1v) is 12.0. The molecule has 1 saturated heterocycles. The Morgan fingerprint density at radius 2 is 1.62 bits per heavy atom. The fourth-order valence-electron chi connectivity index (χ4n) is 4.66. The third-order valence-electron chi connectivity index (χ3n) is 6.84. The van der Waals surface area contributed by atoms with Gasteiger partial charge in [-0.05, 0) is 51.9 Å². The molecule has 0 spiro atoms. The van der Waals surface area contributed by atoms with Crippen molar-refractivity contribution in [1.29, 1.82) is 0 Å². The van der Waals surface area contributed by atoms with Crippen LogP contribution in [0.5, 0.6) is 0 Å². The molecular weight excluding hydrogens is 488 g/mol. The first-order valence-electron chi connectivity index (χ1n) is 11.6. The van der Waals surface area contributed by atoms with E-state index in [1.807, 2.05) is 0 Å². The molecule has 2 saturated carbocycles. The Kier molecular flexibility index (Phi) is 8.66. The highest BCUT2D eigenvalue weighted by molar-refractivity contribution is 6.21. The number of hydrazine groups is 1. The van der Waals surface area contributed by atoms with Gasteiger partial charge in [0.1, 0.15) is 30.2 Å². The molecule has 6 nitrogen and oxygen atoms in total. The molecule has 0 aromatic rings. The molecular formula is C21H32ClF6N5O. The van der Waals surface area contributed by atoms with Crippen molar-refractivity contribution >= 4 is 23.5 Å². The number of nitrogens with one attached hydrogen (secondary N) is 4. The van der Waals surface area contributed by atoms with E-state index in [1.165, 1.54) is 0 Å². The largest absolute Gasteiger partial charge is 0.410 e. The maximum atomic E-state index is 14.0. The number of carbonyl (C=O) groups is 1. The number of halogens is 7. The van der Waals surface area contributed by atoms with Crippen molar-refractivity contribution in [3.63, 3.8) is 0 Å². The second-order valence-electron chi connectivity index (χ2n) is 10.1. The zero-order chi connectivity index (χ0) is 25.3. The van der Waals surface area contributed by atoms with Crippen molar-refractivity contribution in [3.05, 3.63) is 0 Å². The molecule has 3 rings (SSSR count). The molecule has 1 aliphatic heterocycles. The van der Waals surface area contributed by atoms with Crippen LogP contribution in [0, 0.1) is 11.8 Å². The van der Waals surface area contributed by atoms with Crippen LogP contribution in [0.3, 0.4) is 0 Å². The van der Waals surface area contributed by atoms with Crippen molar-refractivity contribution in [2.24, 2.45) is 16.8 Å². The summed E-state index contributed by atoms with van der Waals surface area (Å²) in [4.78, 5) is 16.9. The number of guanidine groups is 1. The van der Waals surface area contributed by atoms with E-state index in [-0.39, 0.29) is 50.5 Å².